The third-order valence-electron chi connectivity index (χ3n) is 3.23. The average molecular weight is 353 g/mol. The molecule has 0 spiro atoms. The smallest absolute Gasteiger partial charge is 0.311 e. The first kappa shape index (κ1) is 17.7. The van der Waals surface area contributed by atoms with Crippen LogP contribution >= 0.6 is 11.6 Å². The van der Waals surface area contributed by atoms with E-state index in [2.05, 4.69) is 5.32 Å². The summed E-state index contributed by atoms with van der Waals surface area (Å²) in [6.07, 6.45) is 0. The summed E-state index contributed by atoms with van der Waals surface area (Å²) in [5.74, 6) is -1.51. The quantitative estimate of drug-likeness (QED) is 0.635. The standard InChI is InChI=1S/C16H14ClFN2O4/c1-10(12-4-2-3-5-13(12)17)19-16(21)9-24-15-8-11(18)6-7-14(15)20(22)23/h2-8,10H,9H2,1H3,(H,19,21)/t10-/m1/s1. The summed E-state index contributed by atoms with van der Waals surface area (Å²) in [5, 5.41) is 14.0. The van der Waals surface area contributed by atoms with Crippen molar-refractivity contribution in [3.63, 3.8) is 0 Å². The number of carbonyl (C=O) groups excluding carboxylic acids is 1. The van der Waals surface area contributed by atoms with Crippen LogP contribution in [-0.4, -0.2) is 17.4 Å². The Morgan fingerprint density at radius 2 is 2.08 bits per heavy atom. The van der Waals surface area contributed by atoms with Crippen LogP contribution in [0.5, 0.6) is 5.75 Å². The second-order valence-electron chi connectivity index (χ2n) is 4.97. The molecular formula is C16H14ClFN2O4. The summed E-state index contributed by atoms with van der Waals surface area (Å²) in [4.78, 5) is 22.1. The first-order valence-corrected chi connectivity index (χ1v) is 7.37. The van der Waals surface area contributed by atoms with Gasteiger partial charge in [0.25, 0.3) is 5.91 Å². The Hall–Kier alpha value is -2.67. The number of ether oxygens (including phenoxy) is 1. The first-order valence-electron chi connectivity index (χ1n) is 6.99. The molecule has 1 N–H and O–H groups in total. The Balaban J connectivity index is 2.00. The summed E-state index contributed by atoms with van der Waals surface area (Å²) >= 11 is 6.05. The molecule has 8 heteroatoms. The number of nitrogens with one attached hydrogen (secondary N) is 1. The van der Waals surface area contributed by atoms with E-state index < -0.39 is 28.9 Å². The van der Waals surface area contributed by atoms with Crippen molar-refractivity contribution < 1.29 is 18.8 Å². The van der Waals surface area contributed by atoms with Gasteiger partial charge in [0.15, 0.2) is 6.61 Å². The van der Waals surface area contributed by atoms with Crippen LogP contribution in [0.2, 0.25) is 5.02 Å². The number of nitrogens with zero attached hydrogens (tertiary/aromatic N) is 1. The number of hydrogen-bond acceptors (Lipinski definition) is 4. The maximum atomic E-state index is 13.2. The fourth-order valence-corrected chi connectivity index (χ4v) is 2.38. The molecule has 0 saturated heterocycles. The molecule has 2 rings (SSSR count). The fourth-order valence-electron chi connectivity index (χ4n) is 2.08. The minimum Gasteiger partial charge on any atom is -0.477 e. The fraction of sp³-hybridized carbons (Fsp3) is 0.188. The lowest BCUT2D eigenvalue weighted by atomic mass is 10.1. The largest absolute Gasteiger partial charge is 0.477 e. The lowest BCUT2D eigenvalue weighted by molar-refractivity contribution is -0.385. The lowest BCUT2D eigenvalue weighted by Gasteiger charge is -2.16. The van der Waals surface area contributed by atoms with Crippen LogP contribution in [-0.2, 0) is 4.79 Å². The Morgan fingerprint density at radius 1 is 1.38 bits per heavy atom. The van der Waals surface area contributed by atoms with Crippen LogP contribution in [0.1, 0.15) is 18.5 Å². The third-order valence-corrected chi connectivity index (χ3v) is 3.57. The van der Waals surface area contributed by atoms with Crippen LogP contribution in [0.4, 0.5) is 10.1 Å². The molecule has 6 nitrogen and oxygen atoms in total. The van der Waals surface area contributed by atoms with Gasteiger partial charge in [0.05, 0.1) is 11.0 Å². The number of nitro groups is 1. The van der Waals surface area contributed by atoms with Gasteiger partial charge in [0.1, 0.15) is 5.82 Å². The molecule has 0 aliphatic heterocycles. The van der Waals surface area contributed by atoms with Gasteiger partial charge in [-0.05, 0) is 24.6 Å². The van der Waals surface area contributed by atoms with Crippen LogP contribution in [0, 0.1) is 15.9 Å². The van der Waals surface area contributed by atoms with Crippen molar-refractivity contribution in [2.45, 2.75) is 13.0 Å². The highest BCUT2D eigenvalue weighted by Gasteiger charge is 2.18. The molecule has 0 saturated carbocycles. The van der Waals surface area contributed by atoms with Gasteiger partial charge >= 0.3 is 5.69 Å². The molecule has 2 aromatic carbocycles. The van der Waals surface area contributed by atoms with Crippen LogP contribution in [0.15, 0.2) is 42.5 Å². The topological polar surface area (TPSA) is 81.5 Å². The van der Waals surface area contributed by atoms with Gasteiger partial charge in [-0.25, -0.2) is 4.39 Å². The molecule has 0 fully saturated rings. The summed E-state index contributed by atoms with van der Waals surface area (Å²) in [7, 11) is 0. The van der Waals surface area contributed by atoms with Crippen molar-refractivity contribution in [1.29, 1.82) is 0 Å². The third kappa shape index (κ3) is 4.42. The predicted molar refractivity (Wildman–Crippen MR) is 86.6 cm³/mol. The van der Waals surface area contributed by atoms with Crippen LogP contribution < -0.4 is 10.1 Å². The highest BCUT2D eigenvalue weighted by molar-refractivity contribution is 6.31. The SMILES string of the molecule is C[C@@H](NC(=O)COc1cc(F)ccc1[N+](=O)[O-])c1ccccc1Cl. The second kappa shape index (κ2) is 7.74. The van der Waals surface area contributed by atoms with Crippen molar-refractivity contribution in [1.82, 2.24) is 5.32 Å². The summed E-state index contributed by atoms with van der Waals surface area (Å²) in [5.41, 5.74) is 0.313. The van der Waals surface area contributed by atoms with Gasteiger partial charge in [-0.3, -0.25) is 14.9 Å². The van der Waals surface area contributed by atoms with Crippen molar-refractivity contribution in [3.8, 4) is 5.75 Å². The van der Waals surface area contributed by atoms with E-state index in [1.807, 2.05) is 0 Å². The molecule has 0 heterocycles. The van der Waals surface area contributed by atoms with Gasteiger partial charge in [-0.2, -0.15) is 0 Å². The monoisotopic (exact) mass is 352 g/mol. The number of benzene rings is 2. The lowest BCUT2D eigenvalue weighted by Crippen LogP contribution is -2.31. The molecule has 0 bridgehead atoms. The highest BCUT2D eigenvalue weighted by atomic mass is 35.5. The zero-order valence-corrected chi connectivity index (χ0v) is 13.4. The minimum absolute atomic E-state index is 0.305. The molecule has 1 amide bonds. The zero-order chi connectivity index (χ0) is 17.7. The van der Waals surface area contributed by atoms with E-state index in [4.69, 9.17) is 16.3 Å². The van der Waals surface area contributed by atoms with E-state index >= 15 is 0 Å². The summed E-state index contributed by atoms with van der Waals surface area (Å²) in [6.45, 7) is 1.25. The normalized spacial score (nSPS) is 11.6. The number of rotatable bonds is 6. The van der Waals surface area contributed by atoms with Gasteiger partial charge in [-0.15, -0.1) is 0 Å². The molecule has 0 aliphatic carbocycles. The molecule has 2 aromatic rings. The highest BCUT2D eigenvalue weighted by Crippen LogP contribution is 2.27. The van der Waals surface area contributed by atoms with Gasteiger partial charge in [0.2, 0.25) is 5.75 Å². The van der Waals surface area contributed by atoms with E-state index in [0.29, 0.717) is 5.02 Å². The molecular weight excluding hydrogens is 339 g/mol. The molecule has 0 aromatic heterocycles. The van der Waals surface area contributed by atoms with E-state index in [1.54, 1.807) is 31.2 Å². The van der Waals surface area contributed by atoms with Crippen molar-refractivity contribution in [2.75, 3.05) is 6.61 Å². The molecule has 0 aliphatic rings. The van der Waals surface area contributed by atoms with Crippen LogP contribution in [0.25, 0.3) is 0 Å². The molecule has 0 unspecified atom stereocenters. The second-order valence-corrected chi connectivity index (χ2v) is 5.38. The number of halogens is 2. The van der Waals surface area contributed by atoms with E-state index in [0.717, 1.165) is 23.8 Å². The molecule has 24 heavy (non-hydrogen) atoms. The minimum atomic E-state index is -0.709. The number of amides is 1. The maximum Gasteiger partial charge on any atom is 0.311 e. The van der Waals surface area contributed by atoms with Gasteiger partial charge < -0.3 is 10.1 Å². The van der Waals surface area contributed by atoms with E-state index in [9.17, 15) is 19.3 Å². The van der Waals surface area contributed by atoms with Crippen molar-refractivity contribution >= 4 is 23.2 Å². The maximum absolute atomic E-state index is 13.2. The average Bonchev–Trinajstić information content (AvgIpc) is 2.53. The number of nitro benzene ring substituents is 1. The molecule has 1 atom stereocenters. The van der Waals surface area contributed by atoms with Crippen molar-refractivity contribution in [2.24, 2.45) is 0 Å². The summed E-state index contributed by atoms with van der Waals surface area (Å²) in [6, 6.07) is 9.45. The Morgan fingerprint density at radius 3 is 2.75 bits per heavy atom. The van der Waals surface area contributed by atoms with Gasteiger partial charge in [0, 0.05) is 17.2 Å². The molecule has 126 valence electrons. The Labute approximate surface area is 142 Å². The number of carbonyl (C=O) groups is 1. The predicted octanol–water partition coefficient (Wildman–Crippen LogP) is 3.64. The van der Waals surface area contributed by atoms with E-state index in [-0.39, 0.29) is 11.8 Å². The Kier molecular flexibility index (Phi) is 5.70. The van der Waals surface area contributed by atoms with Crippen molar-refractivity contribution in [3.05, 3.63) is 69.0 Å². The van der Waals surface area contributed by atoms with Crippen LogP contribution in [0.3, 0.4) is 0 Å². The zero-order valence-electron chi connectivity index (χ0n) is 12.7. The Bertz CT molecular complexity index is 769. The first-order chi connectivity index (χ1) is 11.4. The number of hydrogen-bond donors (Lipinski definition) is 1. The van der Waals surface area contributed by atoms with E-state index in [1.165, 1.54) is 0 Å². The van der Waals surface area contributed by atoms with Gasteiger partial charge in [-0.1, -0.05) is 29.8 Å². The summed E-state index contributed by atoms with van der Waals surface area (Å²) < 4.78 is 18.3. The molecule has 0 radical (unpaired) electrons.